The molecule has 6 heteroatoms. The first-order valence-corrected chi connectivity index (χ1v) is 6.82. The summed E-state index contributed by atoms with van der Waals surface area (Å²) in [6.45, 7) is 11.2. The third kappa shape index (κ3) is 4.85. The Kier molecular flexibility index (Phi) is 5.56. The highest BCUT2D eigenvalue weighted by Gasteiger charge is 2.28. The highest BCUT2D eigenvalue weighted by molar-refractivity contribution is 5.75. The van der Waals surface area contributed by atoms with E-state index in [-0.39, 0.29) is 6.09 Å². The van der Waals surface area contributed by atoms with Gasteiger partial charge in [0, 0.05) is 26.2 Å². The molecule has 0 saturated carbocycles. The summed E-state index contributed by atoms with van der Waals surface area (Å²) in [6, 6.07) is -0.700. The van der Waals surface area contributed by atoms with Crippen molar-refractivity contribution < 1.29 is 19.4 Å². The Morgan fingerprint density at radius 2 is 1.90 bits per heavy atom. The van der Waals surface area contributed by atoms with Gasteiger partial charge in [0.2, 0.25) is 0 Å². The lowest BCUT2D eigenvalue weighted by atomic mass is 10.2. The van der Waals surface area contributed by atoms with Gasteiger partial charge in [0.15, 0.2) is 0 Å². The second-order valence-electron chi connectivity index (χ2n) is 5.88. The van der Waals surface area contributed by atoms with Crippen LogP contribution in [-0.2, 0) is 9.53 Å². The van der Waals surface area contributed by atoms with E-state index in [1.807, 2.05) is 25.7 Å². The molecule has 0 radical (unpaired) electrons. The molecule has 114 valence electrons. The molecule has 1 N–H and O–H groups in total. The van der Waals surface area contributed by atoms with Crippen LogP contribution in [0.3, 0.4) is 0 Å². The van der Waals surface area contributed by atoms with E-state index in [0.29, 0.717) is 26.2 Å². The van der Waals surface area contributed by atoms with Crippen molar-refractivity contribution in [3.8, 4) is 0 Å². The van der Waals surface area contributed by atoms with Crippen LogP contribution in [0, 0.1) is 0 Å². The van der Waals surface area contributed by atoms with Crippen LogP contribution in [0.5, 0.6) is 0 Å². The molecular formula is C14H24N2O4. The number of hydrogen-bond donors (Lipinski definition) is 1. The molecule has 1 rings (SSSR count). The summed E-state index contributed by atoms with van der Waals surface area (Å²) in [7, 11) is 0. The zero-order valence-electron chi connectivity index (χ0n) is 12.5. The molecule has 0 aromatic heterocycles. The minimum Gasteiger partial charge on any atom is -0.480 e. The van der Waals surface area contributed by atoms with E-state index in [1.165, 1.54) is 6.08 Å². The average Bonchev–Trinajstić information content (AvgIpc) is 2.53. The van der Waals surface area contributed by atoms with Crippen molar-refractivity contribution in [2.75, 3.05) is 26.2 Å². The molecule has 1 amide bonds. The summed E-state index contributed by atoms with van der Waals surface area (Å²) in [5, 5.41) is 9.13. The number of carbonyl (C=O) groups excluding carboxylic acids is 1. The number of carbonyl (C=O) groups is 2. The number of rotatable bonds is 3. The first kappa shape index (κ1) is 16.5. The fourth-order valence-corrected chi connectivity index (χ4v) is 2.13. The Hall–Kier alpha value is -1.56. The number of nitrogens with zero attached hydrogens (tertiary/aromatic N) is 2. The first-order valence-electron chi connectivity index (χ1n) is 6.82. The van der Waals surface area contributed by atoms with Gasteiger partial charge in [-0.2, -0.15) is 0 Å². The number of carboxylic acid groups (broad SMARTS) is 1. The zero-order valence-corrected chi connectivity index (χ0v) is 12.5. The Labute approximate surface area is 120 Å². The monoisotopic (exact) mass is 284 g/mol. The molecule has 20 heavy (non-hydrogen) atoms. The molecule has 0 bridgehead atoms. The fourth-order valence-electron chi connectivity index (χ4n) is 2.13. The van der Waals surface area contributed by atoms with Gasteiger partial charge in [0.05, 0.1) is 0 Å². The maximum Gasteiger partial charge on any atom is 0.410 e. The van der Waals surface area contributed by atoms with E-state index in [0.717, 1.165) is 6.42 Å². The number of aliphatic carboxylic acids is 1. The lowest BCUT2D eigenvalue weighted by molar-refractivity contribution is -0.141. The number of ether oxygens (including phenoxy) is 1. The fraction of sp³-hybridized carbons (Fsp3) is 0.714. The van der Waals surface area contributed by atoms with Gasteiger partial charge in [0.25, 0.3) is 0 Å². The van der Waals surface area contributed by atoms with Crippen molar-refractivity contribution in [1.29, 1.82) is 0 Å². The lowest BCUT2D eigenvalue weighted by Gasteiger charge is -2.27. The highest BCUT2D eigenvalue weighted by atomic mass is 16.6. The van der Waals surface area contributed by atoms with E-state index in [1.54, 1.807) is 4.90 Å². The molecule has 1 atom stereocenters. The molecule has 0 spiro atoms. The number of hydrogen-bond acceptors (Lipinski definition) is 4. The Balaban J connectivity index is 2.61. The molecule has 1 fully saturated rings. The average molecular weight is 284 g/mol. The van der Waals surface area contributed by atoms with Crippen LogP contribution < -0.4 is 0 Å². The lowest BCUT2D eigenvalue weighted by Crippen LogP contribution is -2.43. The standard InChI is InChI=1S/C14H24N2O4/c1-5-11(12(17)18)15-7-6-8-16(10-9-15)13(19)20-14(2,3)4/h5,11H,1,6-10H2,2-4H3,(H,17,18). The number of amides is 1. The predicted molar refractivity (Wildman–Crippen MR) is 75.6 cm³/mol. The second kappa shape index (κ2) is 6.74. The van der Waals surface area contributed by atoms with Gasteiger partial charge >= 0.3 is 12.1 Å². The molecule has 0 aliphatic carbocycles. The Morgan fingerprint density at radius 1 is 1.25 bits per heavy atom. The Morgan fingerprint density at radius 3 is 2.40 bits per heavy atom. The van der Waals surface area contributed by atoms with Gasteiger partial charge in [-0.15, -0.1) is 6.58 Å². The van der Waals surface area contributed by atoms with Crippen LogP contribution in [0.25, 0.3) is 0 Å². The normalized spacial score (nSPS) is 19.1. The minimum absolute atomic E-state index is 0.343. The molecule has 1 aliphatic heterocycles. The molecule has 1 saturated heterocycles. The molecular weight excluding hydrogens is 260 g/mol. The van der Waals surface area contributed by atoms with Crippen molar-refractivity contribution >= 4 is 12.1 Å². The molecule has 1 unspecified atom stereocenters. The van der Waals surface area contributed by atoms with Crippen LogP contribution in [0.15, 0.2) is 12.7 Å². The van der Waals surface area contributed by atoms with Gasteiger partial charge < -0.3 is 14.7 Å². The van der Waals surface area contributed by atoms with Crippen molar-refractivity contribution in [2.24, 2.45) is 0 Å². The minimum atomic E-state index is -0.911. The van der Waals surface area contributed by atoms with Gasteiger partial charge in [0.1, 0.15) is 11.6 Å². The zero-order chi connectivity index (χ0) is 15.3. The smallest absolute Gasteiger partial charge is 0.410 e. The second-order valence-corrected chi connectivity index (χ2v) is 5.88. The van der Waals surface area contributed by atoms with Gasteiger partial charge in [-0.25, -0.2) is 4.79 Å². The van der Waals surface area contributed by atoms with E-state index >= 15 is 0 Å². The number of carboxylic acids is 1. The molecule has 1 aliphatic rings. The van der Waals surface area contributed by atoms with E-state index in [2.05, 4.69) is 6.58 Å². The highest BCUT2D eigenvalue weighted by Crippen LogP contribution is 2.13. The van der Waals surface area contributed by atoms with E-state index in [4.69, 9.17) is 9.84 Å². The summed E-state index contributed by atoms with van der Waals surface area (Å²) in [4.78, 5) is 26.6. The van der Waals surface area contributed by atoms with Crippen LogP contribution in [0.2, 0.25) is 0 Å². The predicted octanol–water partition coefficient (Wildman–Crippen LogP) is 1.57. The van der Waals surface area contributed by atoms with Crippen LogP contribution >= 0.6 is 0 Å². The molecule has 1 heterocycles. The van der Waals surface area contributed by atoms with Crippen molar-refractivity contribution in [3.63, 3.8) is 0 Å². The molecule has 6 nitrogen and oxygen atoms in total. The summed E-state index contributed by atoms with van der Waals surface area (Å²) in [5.74, 6) is -0.911. The van der Waals surface area contributed by atoms with E-state index < -0.39 is 17.6 Å². The summed E-state index contributed by atoms with van der Waals surface area (Å²) < 4.78 is 5.33. The Bertz CT molecular complexity index is 376. The first-order chi connectivity index (χ1) is 9.24. The third-order valence-corrected chi connectivity index (χ3v) is 3.05. The quantitative estimate of drug-likeness (QED) is 0.797. The molecule has 0 aromatic rings. The van der Waals surface area contributed by atoms with Crippen LogP contribution in [0.4, 0.5) is 4.79 Å². The van der Waals surface area contributed by atoms with Gasteiger partial charge in [-0.3, -0.25) is 9.69 Å². The summed E-state index contributed by atoms with van der Waals surface area (Å²) >= 11 is 0. The van der Waals surface area contributed by atoms with Crippen molar-refractivity contribution in [2.45, 2.75) is 38.8 Å². The van der Waals surface area contributed by atoms with Gasteiger partial charge in [-0.05, 0) is 27.2 Å². The third-order valence-electron chi connectivity index (χ3n) is 3.05. The maximum absolute atomic E-state index is 12.0. The van der Waals surface area contributed by atoms with Crippen molar-refractivity contribution in [3.05, 3.63) is 12.7 Å². The summed E-state index contributed by atoms with van der Waals surface area (Å²) in [6.07, 6.45) is 1.80. The SMILES string of the molecule is C=CC(C(=O)O)N1CCCN(C(=O)OC(C)(C)C)CC1. The maximum atomic E-state index is 12.0. The van der Waals surface area contributed by atoms with Crippen molar-refractivity contribution in [1.82, 2.24) is 9.80 Å². The summed E-state index contributed by atoms with van der Waals surface area (Å²) in [5.41, 5.74) is -0.520. The van der Waals surface area contributed by atoms with Crippen LogP contribution in [-0.4, -0.2) is 64.8 Å². The van der Waals surface area contributed by atoms with Crippen LogP contribution in [0.1, 0.15) is 27.2 Å². The molecule has 0 aromatic carbocycles. The van der Waals surface area contributed by atoms with Gasteiger partial charge in [-0.1, -0.05) is 6.08 Å². The van der Waals surface area contributed by atoms with E-state index in [9.17, 15) is 9.59 Å². The largest absolute Gasteiger partial charge is 0.480 e. The topological polar surface area (TPSA) is 70.1 Å².